The Morgan fingerprint density at radius 1 is 0.848 bits per heavy atom. The molecule has 4 rings (SSSR count). The molecule has 3 nitrogen and oxygen atoms in total. The number of piperidine rings is 1. The molecule has 180 valence electrons. The Kier molecular flexibility index (Phi) is 9.68. The summed E-state index contributed by atoms with van der Waals surface area (Å²) >= 11 is 0. The van der Waals surface area contributed by atoms with Crippen molar-refractivity contribution < 1.29 is 4.74 Å². The summed E-state index contributed by atoms with van der Waals surface area (Å²) in [5.41, 5.74) is 2.70. The molecular weight excluding hydrogens is 404 g/mol. The zero-order valence-corrected chi connectivity index (χ0v) is 20.7. The second kappa shape index (κ2) is 13.2. The molecule has 0 amide bonds. The smallest absolute Gasteiger partial charge is 0.123 e. The van der Waals surface area contributed by atoms with Crippen LogP contribution in [0.1, 0.15) is 87.8 Å². The molecule has 2 fully saturated rings. The lowest BCUT2D eigenvalue weighted by atomic mass is 9.85. The monoisotopic (exact) mass is 448 g/mol. The maximum atomic E-state index is 5.59. The van der Waals surface area contributed by atoms with Gasteiger partial charge in [0, 0.05) is 18.2 Å². The number of methoxy groups -OCH3 is 1. The second-order valence-electron chi connectivity index (χ2n) is 10.2. The molecule has 0 aromatic heterocycles. The molecule has 1 N–H and O–H groups in total. The molecule has 33 heavy (non-hydrogen) atoms. The lowest BCUT2D eigenvalue weighted by Gasteiger charge is -2.42. The van der Waals surface area contributed by atoms with Crippen molar-refractivity contribution in [3.63, 3.8) is 0 Å². The third kappa shape index (κ3) is 7.07. The van der Waals surface area contributed by atoms with Gasteiger partial charge in [0.25, 0.3) is 0 Å². The van der Waals surface area contributed by atoms with E-state index >= 15 is 0 Å². The SMILES string of the molecule is COc1ccccc1CNC1CCCN(CCCCCC2CCCCC2)C1c1ccccc1. The van der Waals surface area contributed by atoms with Crippen LogP contribution in [0.4, 0.5) is 0 Å². The molecule has 0 spiro atoms. The number of rotatable bonds is 11. The highest BCUT2D eigenvalue weighted by atomic mass is 16.5. The standard InChI is InChI=1S/C30H44N2O/c1-33-29-21-11-10-19-27(29)24-31-28-20-13-23-32(30(28)26-17-8-3-9-18-26)22-12-4-7-16-25-14-5-2-6-15-25/h3,8-11,17-19,21,25,28,30-31H,2,4-7,12-16,20,22-24H2,1H3. The van der Waals surface area contributed by atoms with Crippen LogP contribution in [-0.4, -0.2) is 31.1 Å². The van der Waals surface area contributed by atoms with Crippen molar-refractivity contribution in [2.45, 2.75) is 89.3 Å². The van der Waals surface area contributed by atoms with Crippen LogP contribution in [0.3, 0.4) is 0 Å². The van der Waals surface area contributed by atoms with Crippen LogP contribution >= 0.6 is 0 Å². The van der Waals surface area contributed by atoms with E-state index in [1.165, 1.54) is 94.8 Å². The molecule has 1 saturated heterocycles. The fourth-order valence-corrected chi connectivity index (χ4v) is 6.11. The van der Waals surface area contributed by atoms with Gasteiger partial charge in [0.05, 0.1) is 13.2 Å². The van der Waals surface area contributed by atoms with E-state index in [1.54, 1.807) is 7.11 Å². The van der Waals surface area contributed by atoms with Gasteiger partial charge in [-0.15, -0.1) is 0 Å². The first-order valence-electron chi connectivity index (χ1n) is 13.5. The molecule has 2 aliphatic rings. The third-order valence-corrected chi connectivity index (χ3v) is 7.91. The van der Waals surface area contributed by atoms with Crippen LogP contribution in [0.25, 0.3) is 0 Å². The highest BCUT2D eigenvalue weighted by Crippen LogP contribution is 2.33. The summed E-state index contributed by atoms with van der Waals surface area (Å²) in [6, 6.07) is 20.5. The second-order valence-corrected chi connectivity index (χ2v) is 10.2. The molecular formula is C30H44N2O. The molecule has 2 aromatic carbocycles. The quantitative estimate of drug-likeness (QED) is 0.370. The Labute approximate surface area is 201 Å². The average Bonchev–Trinajstić information content (AvgIpc) is 2.88. The molecule has 2 unspecified atom stereocenters. The summed E-state index contributed by atoms with van der Waals surface area (Å²) in [6.45, 7) is 3.29. The van der Waals surface area contributed by atoms with Crippen molar-refractivity contribution in [1.29, 1.82) is 0 Å². The van der Waals surface area contributed by atoms with Gasteiger partial charge in [-0.1, -0.05) is 99.9 Å². The minimum atomic E-state index is 0.452. The van der Waals surface area contributed by atoms with Crippen LogP contribution in [0, 0.1) is 5.92 Å². The lowest BCUT2D eigenvalue weighted by molar-refractivity contribution is 0.108. The maximum absolute atomic E-state index is 5.59. The molecule has 1 heterocycles. The lowest BCUT2D eigenvalue weighted by Crippen LogP contribution is -2.48. The zero-order chi connectivity index (χ0) is 22.7. The van der Waals surface area contributed by atoms with Crippen LogP contribution in [0.5, 0.6) is 5.75 Å². The average molecular weight is 449 g/mol. The van der Waals surface area contributed by atoms with Crippen molar-refractivity contribution in [3.05, 3.63) is 65.7 Å². The van der Waals surface area contributed by atoms with Crippen molar-refractivity contribution in [2.24, 2.45) is 5.92 Å². The molecule has 0 radical (unpaired) electrons. The van der Waals surface area contributed by atoms with Gasteiger partial charge in [0.2, 0.25) is 0 Å². The van der Waals surface area contributed by atoms with Gasteiger partial charge in [0.1, 0.15) is 5.75 Å². The number of benzene rings is 2. The topological polar surface area (TPSA) is 24.5 Å². The Morgan fingerprint density at radius 3 is 2.45 bits per heavy atom. The van der Waals surface area contributed by atoms with Gasteiger partial charge >= 0.3 is 0 Å². The number of ether oxygens (including phenoxy) is 1. The molecule has 1 saturated carbocycles. The normalized spacial score (nSPS) is 22.3. The van der Waals surface area contributed by atoms with Crippen LogP contribution in [-0.2, 0) is 6.54 Å². The summed E-state index contributed by atoms with van der Waals surface area (Å²) in [5, 5.41) is 3.91. The van der Waals surface area contributed by atoms with Crippen molar-refractivity contribution in [3.8, 4) is 5.75 Å². The summed E-state index contributed by atoms with van der Waals surface area (Å²) in [6.07, 6.45) is 15.5. The Bertz CT molecular complexity index is 802. The number of hydrogen-bond donors (Lipinski definition) is 1. The summed E-state index contributed by atoms with van der Waals surface area (Å²) < 4.78 is 5.59. The fraction of sp³-hybridized carbons (Fsp3) is 0.600. The zero-order valence-electron chi connectivity index (χ0n) is 20.7. The van der Waals surface area contributed by atoms with E-state index in [2.05, 4.69) is 58.7 Å². The van der Waals surface area contributed by atoms with Crippen molar-refractivity contribution in [1.82, 2.24) is 10.2 Å². The van der Waals surface area contributed by atoms with Crippen LogP contribution in [0.2, 0.25) is 0 Å². The van der Waals surface area contributed by atoms with Gasteiger partial charge in [-0.25, -0.2) is 0 Å². The molecule has 2 atom stereocenters. The number of unbranched alkanes of at least 4 members (excludes halogenated alkanes) is 2. The summed E-state index contributed by atoms with van der Waals surface area (Å²) in [4.78, 5) is 2.76. The highest BCUT2D eigenvalue weighted by molar-refractivity contribution is 5.33. The molecule has 0 bridgehead atoms. The molecule has 3 heteroatoms. The predicted molar refractivity (Wildman–Crippen MR) is 139 cm³/mol. The number of hydrogen-bond acceptors (Lipinski definition) is 3. The number of para-hydroxylation sites is 1. The predicted octanol–water partition coefficient (Wildman–Crippen LogP) is 7.13. The van der Waals surface area contributed by atoms with Gasteiger partial charge in [-0.2, -0.15) is 0 Å². The summed E-state index contributed by atoms with van der Waals surface area (Å²) in [7, 11) is 1.77. The van der Waals surface area contributed by atoms with Crippen LogP contribution < -0.4 is 10.1 Å². The van der Waals surface area contributed by atoms with E-state index in [0.717, 1.165) is 18.2 Å². The van der Waals surface area contributed by atoms with Crippen molar-refractivity contribution in [2.75, 3.05) is 20.2 Å². The number of nitrogens with one attached hydrogen (secondary N) is 1. The first-order valence-corrected chi connectivity index (χ1v) is 13.5. The Balaban J connectivity index is 1.34. The van der Waals surface area contributed by atoms with E-state index in [9.17, 15) is 0 Å². The minimum absolute atomic E-state index is 0.452. The molecule has 1 aliphatic carbocycles. The van der Waals surface area contributed by atoms with Gasteiger partial charge < -0.3 is 10.1 Å². The van der Waals surface area contributed by atoms with E-state index in [1.807, 2.05) is 6.07 Å². The number of likely N-dealkylation sites (tertiary alicyclic amines) is 1. The van der Waals surface area contributed by atoms with E-state index in [4.69, 9.17) is 4.74 Å². The minimum Gasteiger partial charge on any atom is -0.496 e. The first-order chi connectivity index (χ1) is 16.3. The third-order valence-electron chi connectivity index (χ3n) is 7.91. The van der Waals surface area contributed by atoms with Gasteiger partial charge in [0.15, 0.2) is 0 Å². The van der Waals surface area contributed by atoms with Gasteiger partial charge in [-0.3, -0.25) is 4.90 Å². The van der Waals surface area contributed by atoms with E-state index in [-0.39, 0.29) is 0 Å². The highest BCUT2D eigenvalue weighted by Gasteiger charge is 2.32. The Hall–Kier alpha value is -1.84. The van der Waals surface area contributed by atoms with Crippen molar-refractivity contribution >= 4 is 0 Å². The number of nitrogens with zero attached hydrogens (tertiary/aromatic N) is 1. The van der Waals surface area contributed by atoms with Gasteiger partial charge in [-0.05, 0) is 49.9 Å². The summed E-state index contributed by atoms with van der Waals surface area (Å²) in [5.74, 6) is 2.00. The van der Waals surface area contributed by atoms with E-state index in [0.29, 0.717) is 12.1 Å². The van der Waals surface area contributed by atoms with Crippen LogP contribution in [0.15, 0.2) is 54.6 Å². The molecule has 1 aliphatic heterocycles. The Morgan fingerprint density at radius 2 is 1.64 bits per heavy atom. The largest absolute Gasteiger partial charge is 0.496 e. The first kappa shape index (κ1) is 24.3. The van der Waals surface area contributed by atoms with E-state index < -0.39 is 0 Å². The molecule has 2 aromatic rings. The fourth-order valence-electron chi connectivity index (χ4n) is 6.11. The maximum Gasteiger partial charge on any atom is 0.123 e.